The first-order valence-corrected chi connectivity index (χ1v) is 18.0. The fourth-order valence-corrected chi connectivity index (χ4v) is 7.47. The standard InChI is InChI=1S/C33H41N9O5S/c1-33(43)8-4-24(5-9-33)38-29-19-31(36-21-27(29)28-18-25(6-10-34-28)47-17-14-41-12-15-46-16-13-41)39-30-7-11-35-32(40-30)23-20-37-42(22-23)48(44,45)26-2-3-26/h6-7,10-11,18-22,24,26,43H,2-5,8-9,12-17H2,1H3,(H2,35,36,38,39,40). The van der Waals surface area contributed by atoms with E-state index in [4.69, 9.17) is 14.5 Å². The number of rotatable bonds is 12. The van der Waals surface area contributed by atoms with E-state index >= 15 is 0 Å². The van der Waals surface area contributed by atoms with Crippen molar-refractivity contribution in [2.75, 3.05) is 50.1 Å². The van der Waals surface area contributed by atoms with Crippen molar-refractivity contribution < 1.29 is 23.0 Å². The van der Waals surface area contributed by atoms with Gasteiger partial charge in [-0.3, -0.25) is 9.88 Å². The highest BCUT2D eigenvalue weighted by Crippen LogP contribution is 2.35. The van der Waals surface area contributed by atoms with Crippen LogP contribution < -0.4 is 15.4 Å². The molecule has 48 heavy (non-hydrogen) atoms. The zero-order valence-corrected chi connectivity index (χ0v) is 27.8. The highest BCUT2D eigenvalue weighted by atomic mass is 32.2. The lowest BCUT2D eigenvalue weighted by atomic mass is 9.83. The number of hydrogen-bond acceptors (Lipinski definition) is 13. The molecule has 4 aromatic heterocycles. The average molecular weight is 676 g/mol. The molecule has 15 heteroatoms. The van der Waals surface area contributed by atoms with Crippen molar-refractivity contribution in [3.05, 3.63) is 55.2 Å². The Morgan fingerprint density at radius 2 is 1.81 bits per heavy atom. The summed E-state index contributed by atoms with van der Waals surface area (Å²) in [6.45, 7) is 6.61. The van der Waals surface area contributed by atoms with Crippen LogP contribution in [0, 0.1) is 0 Å². The van der Waals surface area contributed by atoms with E-state index < -0.39 is 15.6 Å². The van der Waals surface area contributed by atoms with Crippen LogP contribution in [0.2, 0.25) is 0 Å². The largest absolute Gasteiger partial charge is 0.492 e. The van der Waals surface area contributed by atoms with Gasteiger partial charge in [0.1, 0.15) is 24.0 Å². The second kappa shape index (κ2) is 13.7. The molecule has 14 nitrogen and oxygen atoms in total. The van der Waals surface area contributed by atoms with Crippen LogP contribution in [-0.2, 0) is 14.8 Å². The Labute approximate surface area is 280 Å². The lowest BCUT2D eigenvalue weighted by molar-refractivity contribution is 0.0196. The second-order valence-electron chi connectivity index (χ2n) is 12.9. The van der Waals surface area contributed by atoms with E-state index in [1.165, 1.54) is 12.4 Å². The van der Waals surface area contributed by atoms with Gasteiger partial charge in [0.25, 0.3) is 10.0 Å². The third kappa shape index (κ3) is 7.75. The lowest BCUT2D eigenvalue weighted by Crippen LogP contribution is -2.38. The van der Waals surface area contributed by atoms with E-state index in [-0.39, 0.29) is 11.3 Å². The van der Waals surface area contributed by atoms with E-state index in [2.05, 4.69) is 35.6 Å². The minimum atomic E-state index is -3.49. The van der Waals surface area contributed by atoms with E-state index in [9.17, 15) is 13.5 Å². The summed E-state index contributed by atoms with van der Waals surface area (Å²) in [6.07, 6.45) is 12.4. The molecule has 2 saturated carbocycles. The molecule has 1 saturated heterocycles. The first-order chi connectivity index (χ1) is 23.2. The van der Waals surface area contributed by atoms with Crippen molar-refractivity contribution in [1.82, 2.24) is 34.0 Å². The molecule has 0 aromatic carbocycles. The molecular weight excluding hydrogens is 634 g/mol. The number of pyridine rings is 2. The maximum Gasteiger partial charge on any atom is 0.256 e. The van der Waals surface area contributed by atoms with Crippen molar-refractivity contribution in [3.8, 4) is 28.4 Å². The maximum absolute atomic E-state index is 12.6. The Hall–Kier alpha value is -4.18. The smallest absolute Gasteiger partial charge is 0.256 e. The third-order valence-corrected chi connectivity index (χ3v) is 11.1. The number of anilines is 3. The fourth-order valence-electron chi connectivity index (χ4n) is 5.99. The Morgan fingerprint density at radius 3 is 2.60 bits per heavy atom. The zero-order chi connectivity index (χ0) is 33.1. The number of nitrogens with zero attached hydrogens (tertiary/aromatic N) is 7. The van der Waals surface area contributed by atoms with Gasteiger partial charge in [-0.1, -0.05) is 0 Å². The number of aliphatic hydroxyl groups is 1. The number of ether oxygens (including phenoxy) is 2. The van der Waals surface area contributed by atoms with Gasteiger partial charge in [0.05, 0.1) is 47.7 Å². The number of morpholine rings is 1. The first kappa shape index (κ1) is 32.4. The molecule has 3 N–H and O–H groups in total. The normalized spacial score (nSPS) is 21.9. The van der Waals surface area contributed by atoms with Crippen LogP contribution in [0.5, 0.6) is 5.75 Å². The molecule has 0 amide bonds. The average Bonchev–Trinajstić information content (AvgIpc) is 3.83. The third-order valence-electron chi connectivity index (χ3n) is 9.05. The van der Waals surface area contributed by atoms with Crippen molar-refractivity contribution in [3.63, 3.8) is 0 Å². The summed E-state index contributed by atoms with van der Waals surface area (Å²) in [5.41, 5.74) is 2.25. The molecule has 5 heterocycles. The van der Waals surface area contributed by atoms with Gasteiger partial charge >= 0.3 is 0 Å². The maximum atomic E-state index is 12.6. The summed E-state index contributed by atoms with van der Waals surface area (Å²) in [5, 5.41) is 21.2. The van der Waals surface area contributed by atoms with Crippen LogP contribution in [0.4, 0.5) is 17.3 Å². The SMILES string of the molecule is CC1(O)CCC(Nc2cc(Nc3ccnc(-c4cnn(S(=O)(=O)C5CC5)c4)n3)ncc2-c2cc(OCCN3CCOCC3)ccn2)CC1. The topological polar surface area (TPSA) is 170 Å². The van der Waals surface area contributed by atoms with Gasteiger partial charge in [-0.15, -0.1) is 0 Å². The van der Waals surface area contributed by atoms with Crippen LogP contribution >= 0.6 is 0 Å². The quantitative estimate of drug-likeness (QED) is 0.199. The van der Waals surface area contributed by atoms with Crippen molar-refractivity contribution in [2.24, 2.45) is 0 Å². The summed E-state index contributed by atoms with van der Waals surface area (Å²) in [7, 11) is -3.49. The Balaban J connectivity index is 1.10. The van der Waals surface area contributed by atoms with Crippen LogP contribution in [0.15, 0.2) is 55.2 Å². The zero-order valence-electron chi connectivity index (χ0n) is 27.0. The van der Waals surface area contributed by atoms with Gasteiger partial charge in [-0.05, 0) is 57.6 Å². The predicted molar refractivity (Wildman–Crippen MR) is 181 cm³/mol. The molecule has 254 valence electrons. The monoisotopic (exact) mass is 675 g/mol. The van der Waals surface area contributed by atoms with Gasteiger partial charge in [0, 0.05) is 67.7 Å². The highest BCUT2D eigenvalue weighted by molar-refractivity contribution is 7.90. The molecule has 3 fully saturated rings. The van der Waals surface area contributed by atoms with Crippen LogP contribution in [0.3, 0.4) is 0 Å². The van der Waals surface area contributed by atoms with Crippen molar-refractivity contribution in [2.45, 2.75) is 62.3 Å². The van der Waals surface area contributed by atoms with E-state index in [0.29, 0.717) is 55.3 Å². The molecule has 4 aromatic rings. The number of nitrogens with one attached hydrogen (secondary N) is 2. The molecule has 0 spiro atoms. The van der Waals surface area contributed by atoms with Crippen LogP contribution in [0.25, 0.3) is 22.6 Å². The fraction of sp³-hybridized carbons (Fsp3) is 0.485. The molecule has 0 unspecified atom stereocenters. The summed E-state index contributed by atoms with van der Waals surface area (Å²) in [6, 6.07) is 7.61. The van der Waals surface area contributed by atoms with E-state index in [1.807, 2.05) is 25.1 Å². The first-order valence-electron chi connectivity index (χ1n) is 16.5. The minimum Gasteiger partial charge on any atom is -0.492 e. The lowest BCUT2D eigenvalue weighted by Gasteiger charge is -2.34. The number of aromatic nitrogens is 6. The van der Waals surface area contributed by atoms with Gasteiger partial charge in [-0.25, -0.2) is 23.4 Å². The molecule has 0 atom stereocenters. The minimum absolute atomic E-state index is 0.168. The molecule has 1 aliphatic heterocycles. The molecule has 7 rings (SSSR count). The summed E-state index contributed by atoms with van der Waals surface area (Å²) in [5.74, 6) is 2.12. The molecule has 0 radical (unpaired) electrons. The predicted octanol–water partition coefficient (Wildman–Crippen LogP) is 3.70. The second-order valence-corrected chi connectivity index (χ2v) is 15.0. The molecule has 3 aliphatic rings. The van der Waals surface area contributed by atoms with Crippen molar-refractivity contribution in [1.29, 1.82) is 0 Å². The van der Waals surface area contributed by atoms with Gasteiger partial charge in [-0.2, -0.15) is 9.19 Å². The summed E-state index contributed by atoms with van der Waals surface area (Å²) in [4.78, 5) is 20.6. The highest BCUT2D eigenvalue weighted by Gasteiger charge is 2.37. The molecular formula is C33H41N9O5S. The van der Waals surface area contributed by atoms with E-state index in [1.54, 1.807) is 24.7 Å². The molecule has 2 aliphatic carbocycles. The summed E-state index contributed by atoms with van der Waals surface area (Å²) < 4.78 is 37.8. The van der Waals surface area contributed by atoms with Crippen LogP contribution in [-0.4, -0.2) is 104 Å². The summed E-state index contributed by atoms with van der Waals surface area (Å²) >= 11 is 0. The van der Waals surface area contributed by atoms with Gasteiger partial charge < -0.3 is 25.2 Å². The molecule has 0 bridgehead atoms. The van der Waals surface area contributed by atoms with Gasteiger partial charge in [0.15, 0.2) is 5.82 Å². The van der Waals surface area contributed by atoms with E-state index in [0.717, 1.165) is 72.5 Å². The Morgan fingerprint density at radius 1 is 1.02 bits per heavy atom. The number of hydrogen-bond donors (Lipinski definition) is 3. The Kier molecular flexibility index (Phi) is 9.27. The van der Waals surface area contributed by atoms with Gasteiger partial charge in [0.2, 0.25) is 0 Å². The van der Waals surface area contributed by atoms with Crippen molar-refractivity contribution >= 4 is 27.3 Å². The Bertz CT molecular complexity index is 1830. The van der Waals surface area contributed by atoms with Crippen LogP contribution in [0.1, 0.15) is 45.4 Å².